The summed E-state index contributed by atoms with van der Waals surface area (Å²) in [6.07, 6.45) is 3.33. The average molecular weight is 757 g/mol. The van der Waals surface area contributed by atoms with E-state index in [0.717, 1.165) is 41.1 Å². The smallest absolute Gasteiger partial charge is 0.410 e. The van der Waals surface area contributed by atoms with E-state index in [1.165, 1.54) is 30.6 Å². The van der Waals surface area contributed by atoms with Gasteiger partial charge in [0.25, 0.3) is 0 Å². The topological polar surface area (TPSA) is 160 Å². The van der Waals surface area contributed by atoms with E-state index in [-0.39, 0.29) is 44.2 Å². The summed E-state index contributed by atoms with van der Waals surface area (Å²) in [5.41, 5.74) is 0.990. The maximum atomic E-state index is 14.6. The number of amides is 3. The van der Waals surface area contributed by atoms with Gasteiger partial charge in [0.2, 0.25) is 11.8 Å². The lowest BCUT2D eigenvalue weighted by Crippen LogP contribution is -2.49. The van der Waals surface area contributed by atoms with Crippen LogP contribution >= 0.6 is 0 Å². The number of cyclic esters (lactones) is 1. The first-order valence-electron chi connectivity index (χ1n) is 18.6. The molecule has 0 radical (unpaired) electrons. The number of hydrogen-bond donors (Lipinski definition) is 1. The molecule has 1 saturated heterocycles. The van der Waals surface area contributed by atoms with E-state index >= 15 is 0 Å². The summed E-state index contributed by atoms with van der Waals surface area (Å²) >= 11 is 0. The van der Waals surface area contributed by atoms with Crippen molar-refractivity contribution in [2.75, 3.05) is 27.2 Å². The standard InChI is InChI=1S/C39H56N4O9S/c1-9-27-19-39(27,35(47)40-53(49,50)41(7)8)20-32(44)31-17-28-22-43(31)34(46)30(37(2,3)4)18-33(45)51-24-38(5,6)16-11-10-13-25-14-12-15-26-21-42(23-29(25)26)36(48)52-28/h9,12,14-15,27-28,30-31H,1,10-11,13,16-24H2,2-8H3,(H,40,47)/t27-,28-,30-,31+,39-/m1/s1. The maximum Gasteiger partial charge on any atom is 0.410 e. The fraction of sp³-hybridized carbons (Fsp3) is 0.667. The Morgan fingerprint density at radius 3 is 2.43 bits per heavy atom. The minimum absolute atomic E-state index is 0.00962. The Kier molecular flexibility index (Phi) is 11.6. The van der Waals surface area contributed by atoms with Crippen molar-refractivity contribution < 1.29 is 41.9 Å². The molecule has 0 spiro atoms. The highest BCUT2D eigenvalue weighted by Crippen LogP contribution is 2.57. The van der Waals surface area contributed by atoms with E-state index in [9.17, 15) is 32.4 Å². The van der Waals surface area contributed by atoms with Crippen LogP contribution in [0.2, 0.25) is 0 Å². The van der Waals surface area contributed by atoms with Gasteiger partial charge in [-0.1, -0.05) is 65.3 Å². The zero-order chi connectivity index (χ0) is 39.1. The number of allylic oxidation sites excluding steroid dienone is 1. The lowest BCUT2D eigenvalue weighted by Gasteiger charge is -2.35. The monoisotopic (exact) mass is 756 g/mol. The average Bonchev–Trinajstić information content (AvgIpc) is 3.37. The van der Waals surface area contributed by atoms with Crippen LogP contribution in [-0.4, -0.2) is 91.6 Å². The molecule has 0 aromatic heterocycles. The Bertz CT molecular complexity index is 1750. The number of ketones is 1. The number of fused-ring (bicyclic) bond motifs is 3. The van der Waals surface area contributed by atoms with Gasteiger partial charge in [-0.15, -0.1) is 6.58 Å². The highest BCUT2D eigenvalue weighted by molar-refractivity contribution is 7.87. The summed E-state index contributed by atoms with van der Waals surface area (Å²) in [6.45, 7) is 14.3. The van der Waals surface area contributed by atoms with Crippen LogP contribution in [0.4, 0.5) is 4.79 Å². The first kappa shape index (κ1) is 40.4. The number of rotatable bonds is 7. The van der Waals surface area contributed by atoms with Gasteiger partial charge in [-0.05, 0) is 59.1 Å². The van der Waals surface area contributed by atoms with Crippen LogP contribution in [0.15, 0.2) is 30.9 Å². The normalized spacial score (nSPS) is 28.3. The van der Waals surface area contributed by atoms with Crippen LogP contribution in [-0.2, 0) is 58.4 Å². The molecule has 53 heavy (non-hydrogen) atoms. The van der Waals surface area contributed by atoms with Gasteiger partial charge in [0.1, 0.15) is 6.10 Å². The fourth-order valence-electron chi connectivity index (χ4n) is 7.89. The third kappa shape index (κ3) is 8.96. The predicted octanol–water partition coefficient (Wildman–Crippen LogP) is 4.53. The Labute approximate surface area is 314 Å². The third-order valence-electron chi connectivity index (χ3n) is 11.5. The highest BCUT2D eigenvalue weighted by Gasteiger charge is 2.61. The van der Waals surface area contributed by atoms with Crippen LogP contribution in [0.3, 0.4) is 0 Å². The number of Topliss-reactive ketones (excluding diaryl/α,β-unsaturated/α-hetero) is 1. The number of nitrogens with one attached hydrogen (secondary N) is 1. The van der Waals surface area contributed by atoms with Crippen molar-refractivity contribution in [3.05, 3.63) is 47.5 Å². The van der Waals surface area contributed by atoms with E-state index in [1.54, 1.807) is 4.90 Å². The van der Waals surface area contributed by atoms with E-state index in [4.69, 9.17) is 9.47 Å². The van der Waals surface area contributed by atoms with Gasteiger partial charge in [-0.2, -0.15) is 12.7 Å². The lowest BCUT2D eigenvalue weighted by atomic mass is 9.77. The van der Waals surface area contributed by atoms with Gasteiger partial charge in [0.05, 0.1) is 36.9 Å². The van der Waals surface area contributed by atoms with Crippen LogP contribution in [0.25, 0.3) is 0 Å². The molecule has 4 aliphatic rings. The third-order valence-corrected chi connectivity index (χ3v) is 12.9. The molecule has 1 N–H and O–H groups in total. The summed E-state index contributed by atoms with van der Waals surface area (Å²) in [5.74, 6) is -3.58. The lowest BCUT2D eigenvalue weighted by molar-refractivity contribution is -0.155. The zero-order valence-electron chi connectivity index (χ0n) is 32.2. The largest absolute Gasteiger partial charge is 0.465 e. The molecule has 14 heteroatoms. The van der Waals surface area contributed by atoms with Crippen molar-refractivity contribution in [3.8, 4) is 0 Å². The molecule has 3 amide bonds. The fourth-order valence-corrected chi connectivity index (χ4v) is 8.51. The number of hydrogen-bond acceptors (Lipinski definition) is 9. The molecule has 1 aromatic rings. The Hall–Kier alpha value is -3.78. The molecule has 13 nitrogen and oxygen atoms in total. The molecule has 4 bridgehead atoms. The molecule has 2 fully saturated rings. The van der Waals surface area contributed by atoms with Crippen LogP contribution in [0.1, 0.15) is 96.3 Å². The number of esters is 1. The van der Waals surface area contributed by atoms with Crippen molar-refractivity contribution in [1.29, 1.82) is 0 Å². The molecular formula is C39H56N4O9S. The zero-order valence-corrected chi connectivity index (χ0v) is 33.1. The van der Waals surface area contributed by atoms with Crippen LogP contribution < -0.4 is 4.72 Å². The molecule has 5 rings (SSSR count). The van der Waals surface area contributed by atoms with E-state index in [1.807, 2.05) is 32.9 Å². The van der Waals surface area contributed by atoms with Crippen molar-refractivity contribution in [2.45, 2.75) is 111 Å². The quantitative estimate of drug-likeness (QED) is 0.312. The SMILES string of the molecule is C=C[C@@H]1C[C@]1(CC(=O)[C@@H]1C[C@@H]2CN1C(=O)[C@H](C(C)(C)C)CC(=O)OCC(C)(C)CCCCc1cccc3c1CN(C3)C(=O)O2)C(=O)NS(=O)(=O)N(C)C. The maximum absolute atomic E-state index is 14.6. The van der Waals surface area contributed by atoms with Gasteiger partial charge in [-0.3, -0.25) is 24.1 Å². The number of carbonyl (C=O) groups is 5. The van der Waals surface area contributed by atoms with Gasteiger partial charge in [0, 0.05) is 40.0 Å². The minimum Gasteiger partial charge on any atom is -0.465 e. The molecule has 5 atom stereocenters. The van der Waals surface area contributed by atoms with E-state index < -0.39 is 74.7 Å². The Morgan fingerprint density at radius 2 is 1.79 bits per heavy atom. The number of aryl methyl sites for hydroxylation is 1. The van der Waals surface area contributed by atoms with Gasteiger partial charge < -0.3 is 14.4 Å². The van der Waals surface area contributed by atoms with Gasteiger partial charge >= 0.3 is 22.3 Å². The molecule has 0 unspecified atom stereocenters. The first-order valence-corrected chi connectivity index (χ1v) is 20.0. The predicted molar refractivity (Wildman–Crippen MR) is 197 cm³/mol. The molecule has 1 saturated carbocycles. The number of ether oxygens (including phenoxy) is 2. The highest BCUT2D eigenvalue weighted by atomic mass is 32.2. The molecule has 1 aromatic carbocycles. The second-order valence-electron chi connectivity index (χ2n) is 17.4. The Balaban J connectivity index is 1.45. The molecule has 3 aliphatic heterocycles. The van der Waals surface area contributed by atoms with Crippen LogP contribution in [0, 0.1) is 28.1 Å². The summed E-state index contributed by atoms with van der Waals surface area (Å²) < 4.78 is 39.9. The Morgan fingerprint density at radius 1 is 1.09 bits per heavy atom. The van der Waals surface area contributed by atoms with Gasteiger partial charge in [-0.25, -0.2) is 9.52 Å². The van der Waals surface area contributed by atoms with E-state index in [2.05, 4.69) is 31.2 Å². The summed E-state index contributed by atoms with van der Waals surface area (Å²) in [6, 6.07) is 5.02. The van der Waals surface area contributed by atoms with Crippen molar-refractivity contribution in [3.63, 3.8) is 0 Å². The number of benzene rings is 1. The molecule has 292 valence electrons. The van der Waals surface area contributed by atoms with Crippen molar-refractivity contribution in [1.82, 2.24) is 18.8 Å². The van der Waals surface area contributed by atoms with Crippen LogP contribution in [0.5, 0.6) is 0 Å². The second kappa shape index (κ2) is 15.2. The summed E-state index contributed by atoms with van der Waals surface area (Å²) in [7, 11) is -1.57. The summed E-state index contributed by atoms with van der Waals surface area (Å²) in [4.78, 5) is 72.4. The second-order valence-corrected chi connectivity index (χ2v) is 19.3. The molecule has 1 aliphatic carbocycles. The number of nitrogens with zero attached hydrogens (tertiary/aromatic N) is 3. The van der Waals surface area contributed by atoms with Crippen molar-refractivity contribution in [2.24, 2.45) is 28.1 Å². The van der Waals surface area contributed by atoms with Crippen molar-refractivity contribution >= 4 is 39.9 Å². The number of carbonyl (C=O) groups excluding carboxylic acids is 5. The summed E-state index contributed by atoms with van der Waals surface area (Å²) in [5, 5.41) is 0. The van der Waals surface area contributed by atoms with E-state index in [0.29, 0.717) is 13.1 Å². The molecular weight excluding hydrogens is 701 g/mol. The van der Waals surface area contributed by atoms with Gasteiger partial charge in [0.15, 0.2) is 5.78 Å². The molecule has 3 heterocycles. The minimum atomic E-state index is -4.14. The first-order chi connectivity index (χ1) is 24.7.